The number of primary amides is 1. The highest BCUT2D eigenvalue weighted by Crippen LogP contribution is 2.54. The molecule has 3 amide bonds. The first-order valence-corrected chi connectivity index (χ1v) is 16.4. The van der Waals surface area contributed by atoms with Crippen molar-refractivity contribution in [1.29, 1.82) is 0 Å². The van der Waals surface area contributed by atoms with Crippen LogP contribution in [0.2, 0.25) is 5.02 Å². The highest BCUT2D eigenvalue weighted by molar-refractivity contribution is 7.92. The molecule has 2 bridgehead atoms. The molecule has 16 heteroatoms. The highest BCUT2D eigenvalue weighted by Gasteiger charge is 2.55. The lowest BCUT2D eigenvalue weighted by molar-refractivity contribution is -0.125. The number of hydrogen-bond acceptors (Lipinski definition) is 8. The number of benzene rings is 2. The molecule has 0 saturated heterocycles. The third-order valence-corrected chi connectivity index (χ3v) is 11.5. The molecule has 0 radical (unpaired) electrons. The molecule has 4 rings (SSSR count). The number of ketones is 1. The van der Waals surface area contributed by atoms with Crippen LogP contribution >= 0.6 is 11.6 Å². The summed E-state index contributed by atoms with van der Waals surface area (Å²) in [5.74, 6) is -7.74. The quantitative estimate of drug-likeness (QED) is 0.241. The predicted molar refractivity (Wildman–Crippen MR) is 159 cm³/mol. The topological polar surface area (TPSA) is 182 Å². The lowest BCUT2D eigenvalue weighted by atomic mass is 9.71. The number of aliphatic hydroxyl groups is 1. The Bertz CT molecular complexity index is 1620. The summed E-state index contributed by atoms with van der Waals surface area (Å²) in [6.45, 7) is 0. The molecule has 0 spiro atoms. The Morgan fingerprint density at radius 2 is 1.67 bits per heavy atom. The summed E-state index contributed by atoms with van der Waals surface area (Å²) in [4.78, 5) is 48.4. The molecule has 2 aromatic rings. The number of nitrogens with two attached hydrogens (primary N) is 1. The third-order valence-electron chi connectivity index (χ3n) is 8.87. The van der Waals surface area contributed by atoms with Crippen molar-refractivity contribution in [3.63, 3.8) is 0 Å². The van der Waals surface area contributed by atoms with Crippen molar-refractivity contribution in [2.24, 2.45) is 17.6 Å². The number of Topliss-reactive ketones (excluding diaryl/α,β-unsaturated/α-hetero) is 1. The fourth-order valence-electron chi connectivity index (χ4n) is 6.44. The van der Waals surface area contributed by atoms with E-state index >= 15 is 0 Å². The van der Waals surface area contributed by atoms with Gasteiger partial charge in [0.1, 0.15) is 0 Å². The van der Waals surface area contributed by atoms with Crippen molar-refractivity contribution >= 4 is 50.8 Å². The second-order valence-electron chi connectivity index (χ2n) is 11.6. The SMILES string of the molecule is COC(=O)N[C@@H](CCC(N)=O)C(=O)CCC1(O)C2CC[C@H]1CC(S(=O)(=O)c1cc(C(=O)Nc3cc(F)c(F)c(F)c3)ccc1Cl)C2. The maximum absolute atomic E-state index is 13.8. The van der Waals surface area contributed by atoms with E-state index in [1.54, 1.807) is 0 Å². The van der Waals surface area contributed by atoms with Gasteiger partial charge in [-0.05, 0) is 68.6 Å². The van der Waals surface area contributed by atoms with Gasteiger partial charge in [0.2, 0.25) is 5.91 Å². The van der Waals surface area contributed by atoms with Crippen LogP contribution in [-0.4, -0.2) is 61.2 Å². The van der Waals surface area contributed by atoms with E-state index in [-0.39, 0.29) is 59.7 Å². The molecule has 5 atom stereocenters. The summed E-state index contributed by atoms with van der Waals surface area (Å²) in [5, 5.41) is 15.1. The number of carbonyl (C=O) groups excluding carboxylic acids is 4. The predicted octanol–water partition coefficient (Wildman–Crippen LogP) is 4.04. The fourth-order valence-corrected chi connectivity index (χ4v) is 8.85. The van der Waals surface area contributed by atoms with E-state index in [0.29, 0.717) is 25.0 Å². The van der Waals surface area contributed by atoms with Crippen LogP contribution in [0.1, 0.15) is 61.7 Å². The maximum Gasteiger partial charge on any atom is 0.407 e. The molecule has 0 aromatic heterocycles. The number of fused-ring (bicyclic) bond motifs is 2. The normalized spacial score (nSPS) is 23.0. The number of sulfone groups is 1. The minimum Gasteiger partial charge on any atom is -0.453 e. The molecule has 2 aliphatic rings. The van der Waals surface area contributed by atoms with E-state index in [4.69, 9.17) is 17.3 Å². The van der Waals surface area contributed by atoms with Gasteiger partial charge in [-0.3, -0.25) is 14.4 Å². The number of nitrogens with one attached hydrogen (secondary N) is 2. The smallest absolute Gasteiger partial charge is 0.407 e. The Labute approximate surface area is 267 Å². The number of halogens is 4. The van der Waals surface area contributed by atoms with Crippen molar-refractivity contribution in [2.75, 3.05) is 12.4 Å². The molecular formula is C30H33ClF3N3O8S. The van der Waals surface area contributed by atoms with Gasteiger partial charge in [-0.2, -0.15) is 0 Å². The molecule has 2 aliphatic carbocycles. The van der Waals surface area contributed by atoms with Crippen LogP contribution in [0.4, 0.5) is 23.7 Å². The zero-order valence-electron chi connectivity index (χ0n) is 24.7. The first-order chi connectivity index (χ1) is 21.6. The Balaban J connectivity index is 1.47. The van der Waals surface area contributed by atoms with Crippen LogP contribution in [0.15, 0.2) is 35.2 Å². The number of methoxy groups -OCH3 is 1. The van der Waals surface area contributed by atoms with Crippen molar-refractivity contribution < 1.29 is 50.6 Å². The summed E-state index contributed by atoms with van der Waals surface area (Å²) < 4.78 is 72.7. The molecule has 2 fully saturated rings. The molecule has 46 heavy (non-hydrogen) atoms. The molecule has 0 aliphatic heterocycles. The molecule has 2 saturated carbocycles. The number of ether oxygens (including phenoxy) is 1. The van der Waals surface area contributed by atoms with E-state index in [2.05, 4.69) is 15.4 Å². The van der Waals surface area contributed by atoms with E-state index in [9.17, 15) is 45.9 Å². The first kappa shape index (κ1) is 35.2. The van der Waals surface area contributed by atoms with Gasteiger partial charge >= 0.3 is 6.09 Å². The van der Waals surface area contributed by atoms with Gasteiger partial charge in [0.15, 0.2) is 33.1 Å². The van der Waals surface area contributed by atoms with Gasteiger partial charge in [0.05, 0.1) is 33.9 Å². The molecule has 2 aromatic carbocycles. The van der Waals surface area contributed by atoms with E-state index in [1.807, 2.05) is 0 Å². The molecule has 0 heterocycles. The Hall–Kier alpha value is -3.69. The number of hydrogen-bond donors (Lipinski definition) is 4. The standard InChI is InChI=1S/C30H33ClF3N3O8S/c1-45-29(41)37-23(6-7-26(35)39)24(38)8-9-30(42)16-3-4-17(30)12-19(11-16)46(43,44)25-10-15(2-5-20(25)31)28(40)36-18-13-21(32)27(34)22(33)14-18/h2,5,10,13-14,16-17,19,23,42H,3-4,6-9,11-12H2,1H3,(H2,35,39)(H,36,40)(H,37,41)/t16-,17?,19?,23-,30?/m0/s1. The first-order valence-electron chi connectivity index (χ1n) is 14.4. The maximum atomic E-state index is 13.8. The number of anilines is 1. The van der Waals surface area contributed by atoms with Crippen molar-refractivity contribution in [3.8, 4) is 0 Å². The van der Waals surface area contributed by atoms with Gasteiger partial charge in [0.25, 0.3) is 5.91 Å². The third kappa shape index (κ3) is 7.47. The van der Waals surface area contributed by atoms with Crippen molar-refractivity contribution in [2.45, 2.75) is 73.2 Å². The summed E-state index contributed by atoms with van der Waals surface area (Å²) >= 11 is 6.27. The lowest BCUT2D eigenvalue weighted by Crippen LogP contribution is -2.49. The Morgan fingerprint density at radius 3 is 2.24 bits per heavy atom. The lowest BCUT2D eigenvalue weighted by Gasteiger charge is -2.42. The van der Waals surface area contributed by atoms with Crippen molar-refractivity contribution in [3.05, 3.63) is 58.4 Å². The zero-order chi connectivity index (χ0) is 34.0. The fraction of sp³-hybridized carbons (Fsp3) is 0.467. The van der Waals surface area contributed by atoms with E-state index in [1.165, 1.54) is 12.1 Å². The summed E-state index contributed by atoms with van der Waals surface area (Å²) in [7, 11) is -3.04. The summed E-state index contributed by atoms with van der Waals surface area (Å²) in [6.07, 6.45) is -0.114. The van der Waals surface area contributed by atoms with Gasteiger partial charge in [-0.15, -0.1) is 0 Å². The summed E-state index contributed by atoms with van der Waals surface area (Å²) in [6, 6.07) is 3.56. The zero-order valence-corrected chi connectivity index (χ0v) is 26.2. The molecule has 250 valence electrons. The van der Waals surface area contributed by atoms with Crippen LogP contribution in [0.3, 0.4) is 0 Å². The molecular weight excluding hydrogens is 655 g/mol. The van der Waals surface area contributed by atoms with Crippen LogP contribution in [0.5, 0.6) is 0 Å². The molecule has 5 N–H and O–H groups in total. The van der Waals surface area contributed by atoms with E-state index in [0.717, 1.165) is 13.2 Å². The average molecular weight is 688 g/mol. The Kier molecular flexibility index (Phi) is 10.7. The molecule has 11 nitrogen and oxygen atoms in total. The van der Waals surface area contributed by atoms with Crippen LogP contribution in [-0.2, 0) is 24.2 Å². The van der Waals surface area contributed by atoms with Crippen LogP contribution in [0, 0.1) is 29.3 Å². The Morgan fingerprint density at radius 1 is 1.07 bits per heavy atom. The number of alkyl carbamates (subject to hydrolysis) is 1. The van der Waals surface area contributed by atoms with Crippen molar-refractivity contribution in [1.82, 2.24) is 5.32 Å². The summed E-state index contributed by atoms with van der Waals surface area (Å²) in [5.41, 5.74) is 3.25. The monoisotopic (exact) mass is 687 g/mol. The van der Waals surface area contributed by atoms with Crippen LogP contribution in [0.25, 0.3) is 0 Å². The second-order valence-corrected chi connectivity index (χ2v) is 14.2. The number of carbonyl (C=O) groups is 4. The number of amides is 3. The van der Waals surface area contributed by atoms with Gasteiger partial charge in [-0.1, -0.05) is 11.6 Å². The van der Waals surface area contributed by atoms with Gasteiger partial charge in [-0.25, -0.2) is 26.4 Å². The highest BCUT2D eigenvalue weighted by atomic mass is 35.5. The second kappa shape index (κ2) is 14.0. The van der Waals surface area contributed by atoms with Crippen LogP contribution < -0.4 is 16.4 Å². The molecule has 3 unspecified atom stereocenters. The van der Waals surface area contributed by atoms with Gasteiger partial charge in [0, 0.05) is 36.2 Å². The average Bonchev–Trinajstić information content (AvgIpc) is 3.15. The van der Waals surface area contributed by atoms with E-state index < -0.39 is 79.7 Å². The number of rotatable bonds is 12. The minimum absolute atomic E-state index is 0.00481. The largest absolute Gasteiger partial charge is 0.453 e. The minimum atomic E-state index is -4.16. The van der Waals surface area contributed by atoms with Gasteiger partial charge < -0.3 is 26.2 Å².